The number of hydrogen-bond donors (Lipinski definition) is 0. The molecule has 0 aliphatic rings. The van der Waals surface area contributed by atoms with Gasteiger partial charge in [0.15, 0.2) is 0 Å². The van der Waals surface area contributed by atoms with Crippen LogP contribution in [0.1, 0.15) is 33.3 Å². The molecule has 0 spiro atoms. The molecule has 0 aliphatic heterocycles. The lowest BCUT2D eigenvalue weighted by molar-refractivity contribution is 0.545. The summed E-state index contributed by atoms with van der Waals surface area (Å²) in [5.74, 6) is 0. The van der Waals surface area contributed by atoms with Crippen molar-refractivity contribution < 1.29 is 0 Å². The van der Waals surface area contributed by atoms with Gasteiger partial charge in [-0.05, 0) is 58.2 Å². The van der Waals surface area contributed by atoms with Crippen molar-refractivity contribution in [3.8, 4) is 0 Å². The molecule has 0 aliphatic carbocycles. The van der Waals surface area contributed by atoms with E-state index in [9.17, 15) is 0 Å². The molecule has 0 nitrogen and oxygen atoms in total. The van der Waals surface area contributed by atoms with E-state index in [0.29, 0.717) is 0 Å². The first-order valence-corrected chi connectivity index (χ1v) is 5.92. The summed E-state index contributed by atoms with van der Waals surface area (Å²) in [5.41, 5.74) is 2.94. The van der Waals surface area contributed by atoms with Gasteiger partial charge in [0.05, 0.1) is 0 Å². The molecule has 1 heteroatoms. The third kappa shape index (κ3) is 3.82. The third-order valence-corrected chi connectivity index (χ3v) is 2.60. The van der Waals surface area contributed by atoms with Gasteiger partial charge in [-0.2, -0.15) is 0 Å². The maximum absolute atomic E-state index is 2.35. The van der Waals surface area contributed by atoms with Crippen LogP contribution in [0.25, 0.3) is 5.57 Å². The van der Waals surface area contributed by atoms with Gasteiger partial charge in [0.1, 0.15) is 0 Å². The molecule has 0 amide bonds. The van der Waals surface area contributed by atoms with Crippen LogP contribution in [0.3, 0.4) is 0 Å². The molecular formula is C13H17I. The molecule has 0 saturated heterocycles. The highest BCUT2D eigenvalue weighted by atomic mass is 127. The minimum Gasteiger partial charge on any atom is -0.0756 e. The monoisotopic (exact) mass is 300 g/mol. The Morgan fingerprint density at radius 2 is 1.93 bits per heavy atom. The lowest BCUT2D eigenvalue weighted by Crippen LogP contribution is -2.00. The zero-order valence-corrected chi connectivity index (χ0v) is 11.4. The van der Waals surface area contributed by atoms with Crippen LogP contribution >= 0.6 is 22.6 Å². The molecule has 1 aromatic carbocycles. The van der Waals surface area contributed by atoms with Gasteiger partial charge in [-0.15, -0.1) is 0 Å². The first kappa shape index (κ1) is 11.8. The summed E-state index contributed by atoms with van der Waals surface area (Å²) in [7, 11) is 0. The Labute approximate surface area is 101 Å². The molecule has 14 heavy (non-hydrogen) atoms. The van der Waals surface area contributed by atoms with Crippen molar-refractivity contribution in [2.24, 2.45) is 5.41 Å². The molecule has 0 bridgehead atoms. The predicted octanol–water partition coefficient (Wildman–Crippen LogP) is 4.74. The molecule has 1 rings (SSSR count). The molecule has 0 unspecified atom stereocenters. The fourth-order valence-corrected chi connectivity index (χ4v) is 2.01. The largest absolute Gasteiger partial charge is 0.0756 e. The van der Waals surface area contributed by atoms with Crippen molar-refractivity contribution in [3.63, 3.8) is 0 Å². The average Bonchev–Trinajstić information content (AvgIpc) is 2.01. The van der Waals surface area contributed by atoms with Crippen LogP contribution < -0.4 is 0 Å². The molecule has 0 saturated carbocycles. The van der Waals surface area contributed by atoms with E-state index < -0.39 is 0 Å². The molecule has 0 N–H and O–H groups in total. The van der Waals surface area contributed by atoms with Crippen LogP contribution in [0, 0.1) is 8.99 Å². The standard InChI is InChI=1S/C13H17I/c1-10(9-13(2,3)4)11-6-5-7-12(14)8-11/h5-9H,1-4H3/b10-9+. The third-order valence-electron chi connectivity index (χ3n) is 1.93. The molecule has 76 valence electrons. The first-order chi connectivity index (χ1) is 6.38. The Morgan fingerprint density at radius 3 is 2.43 bits per heavy atom. The number of halogens is 1. The smallest absolute Gasteiger partial charge is 0.0136 e. The summed E-state index contributed by atoms with van der Waals surface area (Å²) in [6.45, 7) is 8.86. The summed E-state index contributed by atoms with van der Waals surface area (Å²) in [4.78, 5) is 0. The van der Waals surface area contributed by atoms with Crippen LogP contribution in [0.5, 0.6) is 0 Å². The molecule has 1 aromatic rings. The van der Waals surface area contributed by atoms with Crippen LogP contribution in [0.2, 0.25) is 0 Å². The van der Waals surface area contributed by atoms with Gasteiger partial charge in [0.25, 0.3) is 0 Å². The van der Waals surface area contributed by atoms with E-state index in [1.165, 1.54) is 14.7 Å². The minimum absolute atomic E-state index is 0.255. The van der Waals surface area contributed by atoms with Crippen LogP contribution in [0.4, 0.5) is 0 Å². The SMILES string of the molecule is C/C(=C\C(C)(C)C)c1cccc(I)c1. The molecule has 0 atom stereocenters. The number of hydrogen-bond acceptors (Lipinski definition) is 0. The molecule has 0 aromatic heterocycles. The van der Waals surface area contributed by atoms with E-state index in [1.54, 1.807) is 0 Å². The maximum atomic E-state index is 2.35. The number of allylic oxidation sites excluding steroid dienone is 2. The van der Waals surface area contributed by atoms with E-state index in [1.807, 2.05) is 0 Å². The topological polar surface area (TPSA) is 0 Å². The van der Waals surface area contributed by atoms with Gasteiger partial charge >= 0.3 is 0 Å². The summed E-state index contributed by atoms with van der Waals surface area (Å²) in [6, 6.07) is 8.61. The predicted molar refractivity (Wildman–Crippen MR) is 72.3 cm³/mol. The van der Waals surface area contributed by atoms with Crippen molar-refractivity contribution in [1.82, 2.24) is 0 Å². The summed E-state index contributed by atoms with van der Waals surface area (Å²) >= 11 is 2.35. The molecular weight excluding hydrogens is 283 g/mol. The van der Waals surface area contributed by atoms with E-state index in [0.717, 1.165) is 0 Å². The van der Waals surface area contributed by atoms with Gasteiger partial charge in [-0.25, -0.2) is 0 Å². The highest BCUT2D eigenvalue weighted by Gasteiger charge is 2.07. The Bertz CT molecular complexity index is 342. The molecule has 0 radical (unpaired) electrons. The Kier molecular flexibility index (Phi) is 3.76. The van der Waals surface area contributed by atoms with Crippen molar-refractivity contribution in [2.45, 2.75) is 27.7 Å². The van der Waals surface area contributed by atoms with E-state index in [2.05, 4.69) is 80.6 Å². The normalized spacial score (nSPS) is 13.1. The maximum Gasteiger partial charge on any atom is 0.0136 e. The number of benzene rings is 1. The van der Waals surface area contributed by atoms with Gasteiger partial charge in [0, 0.05) is 3.57 Å². The summed E-state index contributed by atoms with van der Waals surface area (Å²) < 4.78 is 1.29. The second-order valence-electron chi connectivity index (χ2n) is 4.70. The molecule has 0 heterocycles. The van der Waals surface area contributed by atoms with Crippen LogP contribution in [-0.4, -0.2) is 0 Å². The zero-order valence-electron chi connectivity index (χ0n) is 9.26. The van der Waals surface area contributed by atoms with E-state index >= 15 is 0 Å². The summed E-state index contributed by atoms with van der Waals surface area (Å²) in [6.07, 6.45) is 2.32. The van der Waals surface area contributed by atoms with Crippen LogP contribution in [0.15, 0.2) is 30.3 Å². The fourth-order valence-electron chi connectivity index (χ4n) is 1.47. The van der Waals surface area contributed by atoms with Gasteiger partial charge < -0.3 is 0 Å². The second-order valence-corrected chi connectivity index (χ2v) is 5.95. The second kappa shape index (κ2) is 4.47. The summed E-state index contributed by atoms with van der Waals surface area (Å²) in [5, 5.41) is 0. The van der Waals surface area contributed by atoms with Crippen molar-refractivity contribution >= 4 is 28.2 Å². The lowest BCUT2D eigenvalue weighted by Gasteiger charge is -2.14. The fraction of sp³-hybridized carbons (Fsp3) is 0.385. The Hall–Kier alpha value is -0.310. The highest BCUT2D eigenvalue weighted by Crippen LogP contribution is 2.24. The van der Waals surface area contributed by atoms with E-state index in [4.69, 9.17) is 0 Å². The number of rotatable bonds is 1. The average molecular weight is 300 g/mol. The molecule has 0 fully saturated rings. The Balaban J connectivity index is 3.01. The van der Waals surface area contributed by atoms with Crippen LogP contribution in [-0.2, 0) is 0 Å². The minimum atomic E-state index is 0.255. The highest BCUT2D eigenvalue weighted by molar-refractivity contribution is 14.1. The zero-order chi connectivity index (χ0) is 10.8. The quantitative estimate of drug-likeness (QED) is 0.657. The van der Waals surface area contributed by atoms with E-state index in [-0.39, 0.29) is 5.41 Å². The van der Waals surface area contributed by atoms with Crippen molar-refractivity contribution in [3.05, 3.63) is 39.5 Å². The Morgan fingerprint density at radius 1 is 1.29 bits per heavy atom. The van der Waals surface area contributed by atoms with Crippen molar-refractivity contribution in [2.75, 3.05) is 0 Å². The van der Waals surface area contributed by atoms with Gasteiger partial charge in [-0.1, -0.05) is 39.0 Å². The van der Waals surface area contributed by atoms with Gasteiger partial charge in [-0.3, -0.25) is 0 Å². The van der Waals surface area contributed by atoms with Gasteiger partial charge in [0.2, 0.25) is 0 Å². The lowest BCUT2D eigenvalue weighted by atomic mass is 9.92. The van der Waals surface area contributed by atoms with Crippen molar-refractivity contribution in [1.29, 1.82) is 0 Å². The first-order valence-electron chi connectivity index (χ1n) is 4.84.